The van der Waals surface area contributed by atoms with Crippen LogP contribution in [-0.2, 0) is 12.8 Å². The van der Waals surface area contributed by atoms with Crippen molar-refractivity contribution >= 4 is 23.3 Å². The third kappa shape index (κ3) is 4.75. The average molecular weight is 492 g/mol. The minimum absolute atomic E-state index is 0.250. The molecule has 0 amide bonds. The predicted molar refractivity (Wildman–Crippen MR) is 149 cm³/mol. The number of aliphatic imine (C=N–C) groups is 1. The standard InChI is InChI=1S/C31H26FN3S/c1-35-27(21-36-2)28(22-13-15-26(32)16-14-22)29(23-17-19-33-20-18-23)31(35)34-30(24-9-5-3-6-10-24)25-11-7-4-8-12-25/h3-20H,21H2,1-2H3. The van der Waals surface area contributed by atoms with Gasteiger partial charge in [-0.25, -0.2) is 9.38 Å². The van der Waals surface area contributed by atoms with Gasteiger partial charge >= 0.3 is 0 Å². The van der Waals surface area contributed by atoms with Crippen molar-refractivity contribution < 1.29 is 4.39 Å². The Morgan fingerprint density at radius 1 is 0.778 bits per heavy atom. The van der Waals surface area contributed by atoms with Crippen molar-refractivity contribution in [2.24, 2.45) is 12.0 Å². The second kappa shape index (κ2) is 10.8. The molecule has 0 unspecified atom stereocenters. The first-order valence-electron chi connectivity index (χ1n) is 11.7. The number of hydrogen-bond donors (Lipinski definition) is 0. The molecular formula is C31H26FN3S. The van der Waals surface area contributed by atoms with Crippen LogP contribution in [-0.4, -0.2) is 21.5 Å². The molecule has 0 aliphatic heterocycles. The lowest BCUT2D eigenvalue weighted by Gasteiger charge is -2.11. The number of aromatic nitrogens is 2. The summed E-state index contributed by atoms with van der Waals surface area (Å²) in [6, 6.07) is 31.3. The molecule has 0 spiro atoms. The van der Waals surface area contributed by atoms with Gasteiger partial charge in [0.05, 0.1) is 5.71 Å². The Hall–Kier alpha value is -3.96. The highest BCUT2D eigenvalue weighted by atomic mass is 32.2. The third-order valence-electron chi connectivity index (χ3n) is 6.18. The van der Waals surface area contributed by atoms with E-state index in [0.29, 0.717) is 0 Å². The molecule has 3 aromatic carbocycles. The molecular weight excluding hydrogens is 465 g/mol. The molecule has 0 aliphatic carbocycles. The Morgan fingerprint density at radius 2 is 1.33 bits per heavy atom. The first-order valence-corrected chi connectivity index (χ1v) is 13.1. The van der Waals surface area contributed by atoms with Crippen molar-refractivity contribution in [3.05, 3.63) is 132 Å². The Kier molecular flexibility index (Phi) is 7.10. The number of hydrogen-bond acceptors (Lipinski definition) is 3. The lowest BCUT2D eigenvalue weighted by molar-refractivity contribution is 0.628. The van der Waals surface area contributed by atoms with E-state index in [1.165, 1.54) is 12.1 Å². The Morgan fingerprint density at radius 3 is 1.89 bits per heavy atom. The SMILES string of the molecule is CSCc1c(-c2ccc(F)cc2)c(-c2ccncc2)c(N=C(c2ccccc2)c2ccccc2)n1C. The van der Waals surface area contributed by atoms with Crippen LogP contribution in [0.4, 0.5) is 10.2 Å². The fourth-order valence-corrected chi connectivity index (χ4v) is 5.08. The molecule has 0 N–H and O–H groups in total. The van der Waals surface area contributed by atoms with E-state index in [1.807, 2.05) is 60.7 Å². The quantitative estimate of drug-likeness (QED) is 0.216. The minimum Gasteiger partial charge on any atom is -0.331 e. The van der Waals surface area contributed by atoms with Gasteiger partial charge in [0, 0.05) is 53.1 Å². The lowest BCUT2D eigenvalue weighted by Crippen LogP contribution is -2.04. The van der Waals surface area contributed by atoms with E-state index >= 15 is 0 Å². The molecule has 0 radical (unpaired) electrons. The molecule has 178 valence electrons. The summed E-state index contributed by atoms with van der Waals surface area (Å²) in [6.07, 6.45) is 5.69. The second-order valence-electron chi connectivity index (χ2n) is 8.45. The van der Waals surface area contributed by atoms with Gasteiger partial charge < -0.3 is 4.57 Å². The zero-order chi connectivity index (χ0) is 24.9. The number of rotatable bonds is 7. The van der Waals surface area contributed by atoms with Crippen molar-refractivity contribution in [2.75, 3.05) is 6.26 Å². The highest BCUT2D eigenvalue weighted by Crippen LogP contribution is 2.45. The minimum atomic E-state index is -0.250. The van der Waals surface area contributed by atoms with Crippen LogP contribution in [0.2, 0.25) is 0 Å². The van der Waals surface area contributed by atoms with E-state index < -0.39 is 0 Å². The number of thioether (sulfide) groups is 1. The predicted octanol–water partition coefficient (Wildman–Crippen LogP) is 7.93. The highest BCUT2D eigenvalue weighted by molar-refractivity contribution is 7.97. The van der Waals surface area contributed by atoms with Gasteiger partial charge in [0.25, 0.3) is 0 Å². The summed E-state index contributed by atoms with van der Waals surface area (Å²) < 4.78 is 16.0. The Labute approximate surface area is 215 Å². The molecule has 0 bridgehead atoms. The van der Waals surface area contributed by atoms with E-state index in [9.17, 15) is 4.39 Å². The van der Waals surface area contributed by atoms with Gasteiger partial charge in [-0.15, -0.1) is 0 Å². The molecule has 0 atom stereocenters. The normalized spacial score (nSPS) is 10.9. The summed E-state index contributed by atoms with van der Waals surface area (Å²) in [6.45, 7) is 0. The van der Waals surface area contributed by atoms with Crippen LogP contribution >= 0.6 is 11.8 Å². The summed E-state index contributed by atoms with van der Waals surface area (Å²) in [7, 11) is 2.07. The molecule has 0 aliphatic rings. The molecule has 0 saturated heterocycles. The summed E-state index contributed by atoms with van der Waals surface area (Å²) in [5.74, 6) is 1.40. The summed E-state index contributed by atoms with van der Waals surface area (Å²) in [5.41, 5.74) is 8.18. The van der Waals surface area contributed by atoms with Gasteiger partial charge in [0.15, 0.2) is 0 Å². The monoisotopic (exact) mass is 491 g/mol. The fraction of sp³-hybridized carbons (Fsp3) is 0.0968. The summed E-state index contributed by atoms with van der Waals surface area (Å²) in [5, 5.41) is 0. The molecule has 5 rings (SSSR count). The third-order valence-corrected chi connectivity index (χ3v) is 6.74. The van der Waals surface area contributed by atoms with Crippen LogP contribution in [0.15, 0.2) is 114 Å². The van der Waals surface area contributed by atoms with Gasteiger partial charge in [-0.05, 0) is 41.6 Å². The molecule has 36 heavy (non-hydrogen) atoms. The average Bonchev–Trinajstić information content (AvgIpc) is 3.20. The van der Waals surface area contributed by atoms with Crippen LogP contribution in [0.25, 0.3) is 22.3 Å². The molecule has 0 fully saturated rings. The van der Waals surface area contributed by atoms with Crippen LogP contribution in [0, 0.1) is 5.82 Å². The second-order valence-corrected chi connectivity index (χ2v) is 9.31. The maximum Gasteiger partial charge on any atom is 0.141 e. The molecule has 3 nitrogen and oxygen atoms in total. The van der Waals surface area contributed by atoms with E-state index in [0.717, 1.165) is 56.4 Å². The maximum atomic E-state index is 13.9. The van der Waals surface area contributed by atoms with Gasteiger partial charge in [0.1, 0.15) is 11.6 Å². The molecule has 5 aromatic rings. The van der Waals surface area contributed by atoms with Crippen LogP contribution in [0.1, 0.15) is 16.8 Å². The fourth-order valence-electron chi connectivity index (χ4n) is 4.47. The number of benzene rings is 3. The largest absolute Gasteiger partial charge is 0.331 e. The first kappa shape index (κ1) is 23.8. The van der Waals surface area contributed by atoms with Crippen molar-refractivity contribution in [1.82, 2.24) is 9.55 Å². The molecule has 5 heteroatoms. The number of nitrogens with zero attached hydrogens (tertiary/aromatic N) is 3. The Balaban J connectivity index is 1.86. The highest BCUT2D eigenvalue weighted by Gasteiger charge is 2.24. The number of pyridine rings is 1. The van der Waals surface area contributed by atoms with Gasteiger partial charge in [-0.1, -0.05) is 72.8 Å². The smallest absolute Gasteiger partial charge is 0.141 e. The molecule has 0 saturated carbocycles. The van der Waals surface area contributed by atoms with Crippen LogP contribution in [0.3, 0.4) is 0 Å². The van der Waals surface area contributed by atoms with Crippen molar-refractivity contribution in [1.29, 1.82) is 0 Å². The van der Waals surface area contributed by atoms with Crippen LogP contribution in [0.5, 0.6) is 0 Å². The summed E-state index contributed by atoms with van der Waals surface area (Å²) >= 11 is 1.75. The Bertz CT molecular complexity index is 1430. The topological polar surface area (TPSA) is 30.2 Å². The van der Waals surface area contributed by atoms with E-state index in [-0.39, 0.29) is 5.82 Å². The van der Waals surface area contributed by atoms with Gasteiger partial charge in [-0.2, -0.15) is 11.8 Å². The maximum absolute atomic E-state index is 13.9. The van der Waals surface area contributed by atoms with Gasteiger partial charge in [-0.3, -0.25) is 4.98 Å². The van der Waals surface area contributed by atoms with Crippen molar-refractivity contribution in [3.8, 4) is 22.3 Å². The zero-order valence-corrected chi connectivity index (χ0v) is 21.0. The van der Waals surface area contributed by atoms with E-state index in [2.05, 4.69) is 47.1 Å². The molecule has 2 aromatic heterocycles. The van der Waals surface area contributed by atoms with Crippen molar-refractivity contribution in [2.45, 2.75) is 5.75 Å². The molecule has 2 heterocycles. The van der Waals surface area contributed by atoms with Gasteiger partial charge in [0.2, 0.25) is 0 Å². The van der Waals surface area contributed by atoms with E-state index in [1.54, 1.807) is 24.2 Å². The van der Waals surface area contributed by atoms with Crippen molar-refractivity contribution in [3.63, 3.8) is 0 Å². The van der Waals surface area contributed by atoms with E-state index in [4.69, 9.17) is 4.99 Å². The summed E-state index contributed by atoms with van der Waals surface area (Å²) in [4.78, 5) is 9.60. The first-order chi connectivity index (χ1) is 17.7. The lowest BCUT2D eigenvalue weighted by atomic mass is 9.96. The zero-order valence-electron chi connectivity index (χ0n) is 20.2. The number of halogens is 1. The van der Waals surface area contributed by atoms with Crippen LogP contribution < -0.4 is 0 Å².